The molecule has 0 aliphatic carbocycles. The monoisotopic (exact) mass is 467 g/mol. The summed E-state index contributed by atoms with van der Waals surface area (Å²) in [6.07, 6.45) is 1.01. The number of hydrogen-bond donors (Lipinski definition) is 0. The molecular weight excluding hydrogens is 446 g/mol. The largest absolute Gasteiger partial charge is 0.278 e. The van der Waals surface area contributed by atoms with Crippen molar-refractivity contribution in [2.45, 2.75) is 20.3 Å². The topological polar surface area (TPSA) is 43.1 Å². The number of rotatable bonds is 4. The highest BCUT2D eigenvalue weighted by atomic mass is 32.1. The fraction of sp³-hybridized carbons (Fsp3) is 0.143. The Kier molecular flexibility index (Phi) is 4.71. The van der Waals surface area contributed by atoms with E-state index in [1.165, 1.54) is 21.0 Å². The predicted molar refractivity (Wildman–Crippen MR) is 143 cm³/mol. The van der Waals surface area contributed by atoms with Gasteiger partial charge in [0.2, 0.25) is 0 Å². The summed E-state index contributed by atoms with van der Waals surface area (Å²) < 4.78 is 4.49. The van der Waals surface area contributed by atoms with Crippen LogP contribution in [-0.4, -0.2) is 4.92 Å². The number of hydrogen-bond acceptors (Lipinski definition) is 4. The van der Waals surface area contributed by atoms with Gasteiger partial charge in [-0.1, -0.05) is 62.4 Å². The third kappa shape index (κ3) is 3.15. The van der Waals surface area contributed by atoms with Gasteiger partial charge in [0.15, 0.2) is 0 Å². The van der Waals surface area contributed by atoms with Gasteiger partial charge in [0.1, 0.15) is 0 Å². The summed E-state index contributed by atoms with van der Waals surface area (Å²) >= 11 is 3.38. The molecule has 0 aliphatic heterocycles. The third-order valence-electron chi connectivity index (χ3n) is 6.23. The van der Waals surface area contributed by atoms with Gasteiger partial charge in [-0.2, -0.15) is 0 Å². The zero-order valence-corrected chi connectivity index (χ0v) is 19.9. The summed E-state index contributed by atoms with van der Waals surface area (Å²) in [4.78, 5) is 11.9. The van der Waals surface area contributed by atoms with Gasteiger partial charge in [-0.05, 0) is 36.1 Å². The predicted octanol–water partition coefficient (Wildman–Crippen LogP) is 9.20. The molecule has 6 rings (SSSR count). The molecule has 6 aromatic rings. The molecule has 4 aromatic carbocycles. The summed E-state index contributed by atoms with van der Waals surface area (Å²) in [5.41, 5.74) is 3.20. The minimum atomic E-state index is -0.241. The molecule has 0 atom stereocenters. The van der Waals surface area contributed by atoms with Gasteiger partial charge in [0.25, 0.3) is 5.69 Å². The Morgan fingerprint density at radius 1 is 0.788 bits per heavy atom. The van der Waals surface area contributed by atoms with E-state index in [2.05, 4.69) is 50.2 Å². The van der Waals surface area contributed by atoms with Gasteiger partial charge >= 0.3 is 0 Å². The van der Waals surface area contributed by atoms with Crippen molar-refractivity contribution in [1.29, 1.82) is 0 Å². The van der Waals surface area contributed by atoms with E-state index in [-0.39, 0.29) is 10.6 Å². The zero-order valence-electron chi connectivity index (χ0n) is 18.3. The van der Waals surface area contributed by atoms with Crippen LogP contribution < -0.4 is 0 Å². The summed E-state index contributed by atoms with van der Waals surface area (Å²) in [5, 5.41) is 16.9. The number of nitrogens with zero attached hydrogens (tertiary/aromatic N) is 1. The fourth-order valence-electron chi connectivity index (χ4n) is 4.92. The zero-order chi connectivity index (χ0) is 22.7. The van der Waals surface area contributed by atoms with Crippen molar-refractivity contribution in [3.8, 4) is 11.1 Å². The van der Waals surface area contributed by atoms with Gasteiger partial charge < -0.3 is 0 Å². The molecule has 5 heteroatoms. The molecule has 0 saturated heterocycles. The molecule has 0 N–H and O–H groups in total. The molecule has 2 heterocycles. The second-order valence-corrected chi connectivity index (χ2v) is 11.0. The number of fused-ring (bicyclic) bond motifs is 6. The Morgan fingerprint density at radius 3 is 2.33 bits per heavy atom. The standard InChI is InChI=1S/C28H21NO2S2/c1-16(2)15-17-7-5-12-24-25(17)20-9-6-10-21(27(20)33-24)26-22(29(30)31)14-13-19-18-8-3-4-11-23(18)32-28(19)26/h3-14,16H,15H2,1-2H3. The first-order chi connectivity index (χ1) is 16.0. The van der Waals surface area contributed by atoms with E-state index in [0.29, 0.717) is 5.92 Å². The SMILES string of the molecule is CC(C)Cc1cccc2sc3c(-c4c([N+](=O)[O-])ccc5c4sc4ccccc45)cccc3c12. The second kappa shape index (κ2) is 7.65. The average molecular weight is 468 g/mol. The summed E-state index contributed by atoms with van der Waals surface area (Å²) in [6, 6.07) is 24.6. The van der Waals surface area contributed by atoms with E-state index in [1.54, 1.807) is 28.7 Å². The molecule has 0 unspecified atom stereocenters. The average Bonchev–Trinajstić information content (AvgIpc) is 3.37. The van der Waals surface area contributed by atoms with Crippen LogP contribution >= 0.6 is 22.7 Å². The van der Waals surface area contributed by atoms with Crippen molar-refractivity contribution in [3.63, 3.8) is 0 Å². The normalized spacial score (nSPS) is 12.0. The van der Waals surface area contributed by atoms with Crippen LogP contribution in [0.2, 0.25) is 0 Å². The molecule has 2 aromatic heterocycles. The molecular formula is C28H21NO2S2. The van der Waals surface area contributed by atoms with E-state index < -0.39 is 0 Å². The molecule has 0 saturated carbocycles. The lowest BCUT2D eigenvalue weighted by Crippen LogP contribution is -1.94. The molecule has 0 radical (unpaired) electrons. The lowest BCUT2D eigenvalue weighted by Gasteiger charge is -2.08. The summed E-state index contributed by atoms with van der Waals surface area (Å²) in [7, 11) is 0. The van der Waals surface area contributed by atoms with Gasteiger partial charge in [-0.15, -0.1) is 22.7 Å². The molecule has 3 nitrogen and oxygen atoms in total. The van der Waals surface area contributed by atoms with Crippen LogP contribution in [0, 0.1) is 16.0 Å². The van der Waals surface area contributed by atoms with E-state index in [4.69, 9.17) is 0 Å². The van der Waals surface area contributed by atoms with Crippen molar-refractivity contribution in [3.05, 3.63) is 88.5 Å². The van der Waals surface area contributed by atoms with E-state index >= 15 is 0 Å². The first-order valence-corrected chi connectivity index (χ1v) is 12.7. The van der Waals surface area contributed by atoms with E-state index in [1.807, 2.05) is 30.3 Å². The lowest BCUT2D eigenvalue weighted by molar-refractivity contribution is -0.384. The summed E-state index contributed by atoms with van der Waals surface area (Å²) in [5.74, 6) is 0.558. The fourth-order valence-corrected chi connectivity index (χ4v) is 7.45. The molecule has 0 aliphatic rings. The number of benzene rings is 4. The van der Waals surface area contributed by atoms with Gasteiger partial charge in [-0.3, -0.25) is 10.1 Å². The smallest absolute Gasteiger partial charge is 0.258 e. The van der Waals surface area contributed by atoms with Crippen molar-refractivity contribution in [1.82, 2.24) is 0 Å². The van der Waals surface area contributed by atoms with Crippen LogP contribution in [0.1, 0.15) is 19.4 Å². The van der Waals surface area contributed by atoms with Gasteiger partial charge in [0.05, 0.1) is 15.2 Å². The highest BCUT2D eigenvalue weighted by molar-refractivity contribution is 7.27. The molecule has 33 heavy (non-hydrogen) atoms. The van der Waals surface area contributed by atoms with Crippen molar-refractivity contribution in [2.24, 2.45) is 5.92 Å². The van der Waals surface area contributed by atoms with Crippen LogP contribution in [0.5, 0.6) is 0 Å². The Labute approximate surface area is 199 Å². The highest BCUT2D eigenvalue weighted by Gasteiger charge is 2.24. The van der Waals surface area contributed by atoms with E-state index in [0.717, 1.165) is 42.4 Å². The molecule has 0 amide bonds. The van der Waals surface area contributed by atoms with Gasteiger partial charge in [0, 0.05) is 47.3 Å². The highest BCUT2D eigenvalue weighted by Crippen LogP contribution is 2.48. The van der Waals surface area contributed by atoms with Gasteiger partial charge in [-0.25, -0.2) is 0 Å². The molecule has 0 fully saturated rings. The molecule has 162 valence electrons. The summed E-state index contributed by atoms with van der Waals surface area (Å²) in [6.45, 7) is 4.48. The van der Waals surface area contributed by atoms with Crippen molar-refractivity contribution in [2.75, 3.05) is 0 Å². The van der Waals surface area contributed by atoms with Crippen LogP contribution in [0.25, 0.3) is 51.5 Å². The third-order valence-corrected chi connectivity index (χ3v) is 8.64. The Bertz CT molecular complexity index is 1710. The lowest BCUT2D eigenvalue weighted by atomic mass is 9.95. The first kappa shape index (κ1) is 20.3. The minimum absolute atomic E-state index is 0.168. The molecule has 0 bridgehead atoms. The Balaban J connectivity index is 1.74. The second-order valence-electron chi connectivity index (χ2n) is 8.86. The van der Waals surface area contributed by atoms with Crippen LogP contribution in [-0.2, 0) is 6.42 Å². The Morgan fingerprint density at radius 2 is 1.52 bits per heavy atom. The Hall–Kier alpha value is -3.28. The number of nitro groups is 1. The maximum absolute atomic E-state index is 12.2. The molecule has 0 spiro atoms. The van der Waals surface area contributed by atoms with Crippen molar-refractivity contribution >= 4 is 68.7 Å². The van der Waals surface area contributed by atoms with Crippen LogP contribution in [0.15, 0.2) is 72.8 Å². The number of thiophene rings is 2. The van der Waals surface area contributed by atoms with E-state index in [9.17, 15) is 10.1 Å². The maximum Gasteiger partial charge on any atom is 0.278 e. The quantitative estimate of drug-likeness (QED) is 0.191. The van der Waals surface area contributed by atoms with Crippen LogP contribution in [0.4, 0.5) is 5.69 Å². The number of nitro benzene ring substituents is 1. The van der Waals surface area contributed by atoms with Crippen molar-refractivity contribution < 1.29 is 4.92 Å². The minimum Gasteiger partial charge on any atom is -0.258 e. The maximum atomic E-state index is 12.2. The van der Waals surface area contributed by atoms with Crippen LogP contribution in [0.3, 0.4) is 0 Å². The first-order valence-electron chi connectivity index (χ1n) is 11.0.